The molecule has 1 aromatic rings. The van der Waals surface area contributed by atoms with Crippen LogP contribution in [0, 0.1) is 0 Å². The summed E-state index contributed by atoms with van der Waals surface area (Å²) in [5, 5.41) is 2.02. The van der Waals surface area contributed by atoms with Crippen LogP contribution in [0.4, 0.5) is 0 Å². The molecule has 0 saturated carbocycles. The molecule has 0 saturated heterocycles. The van der Waals surface area contributed by atoms with Gasteiger partial charge in [-0.05, 0) is 11.4 Å². The molecule has 76 valence electrons. The first-order chi connectivity index (χ1) is 6.77. The van der Waals surface area contributed by atoms with Crippen LogP contribution in [0.15, 0.2) is 30.2 Å². The number of carbonyl (C=O) groups is 1. The Hall–Kier alpha value is -0.360. The van der Waals surface area contributed by atoms with Gasteiger partial charge in [0.1, 0.15) is 0 Å². The molecule has 0 aliphatic rings. The number of nitrogens with zero attached hydrogens (tertiary/aromatic N) is 1. The van der Waals surface area contributed by atoms with Gasteiger partial charge in [0.05, 0.1) is 11.0 Å². The van der Waals surface area contributed by atoms with Crippen molar-refractivity contribution in [3.8, 4) is 0 Å². The molecule has 1 rings (SSSR count). The quantitative estimate of drug-likeness (QED) is 0.464. The zero-order chi connectivity index (χ0) is 10.4. The summed E-state index contributed by atoms with van der Waals surface area (Å²) in [5.74, 6) is 0.166. The summed E-state index contributed by atoms with van der Waals surface area (Å²) in [4.78, 5) is 14.5. The van der Waals surface area contributed by atoms with E-state index in [9.17, 15) is 4.79 Å². The maximum absolute atomic E-state index is 11.5. The number of alkyl halides is 1. The van der Waals surface area contributed by atoms with Crippen molar-refractivity contribution in [1.29, 1.82) is 0 Å². The number of hydrogen-bond donors (Lipinski definition) is 0. The number of hydrogen-bond acceptors (Lipinski definition) is 2. The van der Waals surface area contributed by atoms with E-state index >= 15 is 0 Å². The SMILES string of the molecule is C=CCN(Cc1cccs1)C(=O)CI. The number of carbonyl (C=O) groups excluding carboxylic acids is 1. The maximum Gasteiger partial charge on any atom is 0.233 e. The van der Waals surface area contributed by atoms with E-state index < -0.39 is 0 Å². The summed E-state index contributed by atoms with van der Waals surface area (Å²) in [6, 6.07) is 4.04. The minimum atomic E-state index is 0.166. The molecule has 2 nitrogen and oxygen atoms in total. The Morgan fingerprint density at radius 1 is 1.71 bits per heavy atom. The summed E-state index contributed by atoms with van der Waals surface area (Å²) in [6.45, 7) is 4.98. The third-order valence-corrected chi connectivity index (χ3v) is 3.26. The molecule has 1 heterocycles. The molecule has 4 heteroatoms. The molecule has 0 aliphatic carbocycles. The topological polar surface area (TPSA) is 20.3 Å². The molecular formula is C10H12INOS. The largest absolute Gasteiger partial charge is 0.333 e. The van der Waals surface area contributed by atoms with Gasteiger partial charge in [-0.2, -0.15) is 0 Å². The van der Waals surface area contributed by atoms with Gasteiger partial charge in [0, 0.05) is 11.4 Å². The third kappa shape index (κ3) is 3.42. The average molecular weight is 321 g/mol. The highest BCUT2D eigenvalue weighted by Crippen LogP contribution is 2.12. The van der Waals surface area contributed by atoms with E-state index in [1.54, 1.807) is 17.4 Å². The summed E-state index contributed by atoms with van der Waals surface area (Å²) in [6.07, 6.45) is 1.76. The first-order valence-electron chi connectivity index (χ1n) is 4.25. The van der Waals surface area contributed by atoms with Crippen LogP contribution in [0.25, 0.3) is 0 Å². The van der Waals surface area contributed by atoms with E-state index in [0.717, 1.165) is 0 Å². The van der Waals surface area contributed by atoms with Crippen LogP contribution >= 0.6 is 33.9 Å². The maximum atomic E-state index is 11.5. The Balaban J connectivity index is 2.59. The van der Waals surface area contributed by atoms with Crippen LogP contribution < -0.4 is 0 Å². The van der Waals surface area contributed by atoms with Crippen molar-refractivity contribution in [2.45, 2.75) is 6.54 Å². The van der Waals surface area contributed by atoms with E-state index in [1.807, 2.05) is 22.4 Å². The molecule has 0 aliphatic heterocycles. The van der Waals surface area contributed by atoms with Gasteiger partial charge >= 0.3 is 0 Å². The van der Waals surface area contributed by atoms with Gasteiger partial charge in [-0.1, -0.05) is 34.7 Å². The van der Waals surface area contributed by atoms with Crippen LogP contribution in [-0.4, -0.2) is 21.8 Å². The number of rotatable bonds is 5. The van der Waals surface area contributed by atoms with Gasteiger partial charge in [-0.3, -0.25) is 4.79 Å². The number of amides is 1. The van der Waals surface area contributed by atoms with Crippen molar-refractivity contribution in [2.75, 3.05) is 11.0 Å². The molecule has 0 spiro atoms. The second-order valence-corrected chi connectivity index (χ2v) is 4.57. The molecule has 0 aromatic carbocycles. The van der Waals surface area contributed by atoms with Crippen molar-refractivity contribution in [1.82, 2.24) is 4.90 Å². The predicted molar refractivity (Wildman–Crippen MR) is 68.8 cm³/mol. The lowest BCUT2D eigenvalue weighted by molar-refractivity contribution is -0.128. The van der Waals surface area contributed by atoms with Crippen molar-refractivity contribution < 1.29 is 4.79 Å². The molecule has 0 radical (unpaired) electrons. The lowest BCUT2D eigenvalue weighted by Crippen LogP contribution is -2.31. The fourth-order valence-electron chi connectivity index (χ4n) is 1.09. The molecule has 0 bridgehead atoms. The van der Waals surface area contributed by atoms with Gasteiger partial charge in [-0.25, -0.2) is 0 Å². The Kier molecular flexibility index (Phi) is 5.17. The minimum Gasteiger partial charge on any atom is -0.333 e. The second-order valence-electron chi connectivity index (χ2n) is 2.78. The Bertz CT molecular complexity index is 297. The standard InChI is InChI=1S/C10H12INOS/c1-2-5-12(10(13)7-11)8-9-4-3-6-14-9/h2-4,6H,1,5,7-8H2. The monoisotopic (exact) mass is 321 g/mol. The van der Waals surface area contributed by atoms with Crippen LogP contribution in [0.1, 0.15) is 4.88 Å². The molecule has 14 heavy (non-hydrogen) atoms. The third-order valence-electron chi connectivity index (χ3n) is 1.74. The fraction of sp³-hybridized carbons (Fsp3) is 0.300. The van der Waals surface area contributed by atoms with Crippen LogP contribution in [0.5, 0.6) is 0 Å². The summed E-state index contributed by atoms with van der Waals surface area (Å²) < 4.78 is 0.525. The minimum absolute atomic E-state index is 0.166. The van der Waals surface area contributed by atoms with E-state index in [0.29, 0.717) is 17.5 Å². The summed E-state index contributed by atoms with van der Waals surface area (Å²) >= 11 is 3.76. The number of thiophene rings is 1. The molecule has 0 N–H and O–H groups in total. The van der Waals surface area contributed by atoms with Gasteiger partial charge in [0.25, 0.3) is 0 Å². The zero-order valence-corrected chi connectivity index (χ0v) is 10.8. The van der Waals surface area contributed by atoms with E-state index in [4.69, 9.17) is 0 Å². The molecular weight excluding hydrogens is 309 g/mol. The van der Waals surface area contributed by atoms with Gasteiger partial charge in [0.2, 0.25) is 5.91 Å². The fourth-order valence-corrected chi connectivity index (χ4v) is 2.29. The summed E-state index contributed by atoms with van der Waals surface area (Å²) in [7, 11) is 0. The van der Waals surface area contributed by atoms with Gasteiger partial charge < -0.3 is 4.90 Å². The highest BCUT2D eigenvalue weighted by Gasteiger charge is 2.10. The van der Waals surface area contributed by atoms with E-state index in [2.05, 4.69) is 29.2 Å². The molecule has 1 aromatic heterocycles. The zero-order valence-electron chi connectivity index (χ0n) is 7.78. The normalized spacial score (nSPS) is 9.79. The Morgan fingerprint density at radius 3 is 3.00 bits per heavy atom. The van der Waals surface area contributed by atoms with Crippen molar-refractivity contribution in [3.63, 3.8) is 0 Å². The van der Waals surface area contributed by atoms with Crippen molar-refractivity contribution >= 4 is 39.8 Å². The molecule has 0 unspecified atom stereocenters. The molecule has 1 amide bonds. The highest BCUT2D eigenvalue weighted by molar-refractivity contribution is 14.1. The summed E-state index contributed by atoms with van der Waals surface area (Å²) in [5.41, 5.74) is 0. The number of halogens is 1. The average Bonchev–Trinajstić information content (AvgIpc) is 2.68. The lowest BCUT2D eigenvalue weighted by Gasteiger charge is -2.18. The Morgan fingerprint density at radius 2 is 2.50 bits per heavy atom. The Labute approximate surface area is 102 Å². The highest BCUT2D eigenvalue weighted by atomic mass is 127. The van der Waals surface area contributed by atoms with Gasteiger partial charge in [0.15, 0.2) is 0 Å². The smallest absolute Gasteiger partial charge is 0.233 e. The molecule has 0 atom stereocenters. The van der Waals surface area contributed by atoms with Crippen molar-refractivity contribution in [3.05, 3.63) is 35.0 Å². The van der Waals surface area contributed by atoms with Crippen molar-refractivity contribution in [2.24, 2.45) is 0 Å². The van der Waals surface area contributed by atoms with Gasteiger partial charge in [-0.15, -0.1) is 17.9 Å². The van der Waals surface area contributed by atoms with Crippen LogP contribution in [-0.2, 0) is 11.3 Å². The van der Waals surface area contributed by atoms with Crippen LogP contribution in [0.3, 0.4) is 0 Å². The molecule has 0 fully saturated rings. The second kappa shape index (κ2) is 6.19. The first-order valence-corrected chi connectivity index (χ1v) is 6.65. The lowest BCUT2D eigenvalue weighted by atomic mass is 10.4. The predicted octanol–water partition coefficient (Wildman–Crippen LogP) is 2.70. The van der Waals surface area contributed by atoms with Crippen LogP contribution in [0.2, 0.25) is 0 Å². The first kappa shape index (κ1) is 11.7. The van der Waals surface area contributed by atoms with E-state index in [-0.39, 0.29) is 5.91 Å². The van der Waals surface area contributed by atoms with E-state index in [1.165, 1.54) is 4.88 Å².